The number of nitrogen functional groups attached to an aromatic ring is 1. The van der Waals surface area contributed by atoms with Gasteiger partial charge >= 0.3 is 0 Å². The number of halogens is 1. The Morgan fingerprint density at radius 2 is 1.79 bits per heavy atom. The summed E-state index contributed by atoms with van der Waals surface area (Å²) in [5.74, 6) is 1.00. The number of hydrogen-bond acceptors (Lipinski definition) is 6. The van der Waals surface area contributed by atoms with Crippen LogP contribution < -0.4 is 11.1 Å². The summed E-state index contributed by atoms with van der Waals surface area (Å²) in [4.78, 5) is 13.8. The minimum Gasteiger partial charge on any atom is -0.383 e. The van der Waals surface area contributed by atoms with E-state index in [-0.39, 0.29) is 0 Å². The summed E-state index contributed by atoms with van der Waals surface area (Å²) in [6.07, 6.45) is 2.54. The summed E-state index contributed by atoms with van der Waals surface area (Å²) in [6, 6.07) is 23.5. The fourth-order valence-corrected chi connectivity index (χ4v) is 3.89. The Bertz CT molecular complexity index is 1380. The van der Waals surface area contributed by atoms with Gasteiger partial charge in [0.05, 0.1) is 17.6 Å². The topological polar surface area (TPSA) is 94.5 Å². The molecule has 33 heavy (non-hydrogen) atoms. The number of nitrogens with zero attached hydrogens (tertiary/aromatic N) is 5. The molecule has 5 aromatic rings. The molecule has 3 aromatic heterocycles. The minimum absolute atomic E-state index is 0.484. The lowest BCUT2D eigenvalue weighted by Crippen LogP contribution is -2.09. The van der Waals surface area contributed by atoms with Crippen molar-refractivity contribution in [3.05, 3.63) is 95.3 Å². The number of rotatable bonds is 7. The highest BCUT2D eigenvalue weighted by atomic mass is 35.5. The lowest BCUT2D eigenvalue weighted by molar-refractivity contribution is 0.703. The molecule has 2 aromatic carbocycles. The second-order valence-corrected chi connectivity index (χ2v) is 8.07. The van der Waals surface area contributed by atoms with Crippen LogP contribution in [-0.4, -0.2) is 31.3 Å². The van der Waals surface area contributed by atoms with Gasteiger partial charge < -0.3 is 11.1 Å². The van der Waals surface area contributed by atoms with Crippen molar-refractivity contribution in [2.45, 2.75) is 13.0 Å². The smallest absolute Gasteiger partial charge is 0.225 e. The maximum absolute atomic E-state index is 6.55. The van der Waals surface area contributed by atoms with Gasteiger partial charge in [-0.05, 0) is 29.8 Å². The van der Waals surface area contributed by atoms with Crippen LogP contribution in [0.2, 0.25) is 5.02 Å². The first-order valence-electron chi connectivity index (χ1n) is 10.6. The van der Waals surface area contributed by atoms with Crippen LogP contribution in [0.1, 0.15) is 11.3 Å². The third-order valence-corrected chi connectivity index (χ3v) is 5.54. The van der Waals surface area contributed by atoms with Gasteiger partial charge in [-0.1, -0.05) is 60.1 Å². The number of benzene rings is 2. The van der Waals surface area contributed by atoms with E-state index in [1.807, 2.05) is 72.8 Å². The zero-order valence-corrected chi connectivity index (χ0v) is 18.6. The Labute approximate surface area is 196 Å². The van der Waals surface area contributed by atoms with E-state index in [0.29, 0.717) is 46.6 Å². The molecule has 3 N–H and O–H groups in total. The average molecular weight is 456 g/mol. The van der Waals surface area contributed by atoms with Gasteiger partial charge in [-0.3, -0.25) is 4.98 Å². The molecule has 0 radical (unpaired) electrons. The second-order valence-electron chi connectivity index (χ2n) is 7.63. The molecule has 0 spiro atoms. The first-order chi connectivity index (χ1) is 16.2. The molecule has 0 saturated carbocycles. The summed E-state index contributed by atoms with van der Waals surface area (Å²) >= 11 is 6.27. The highest BCUT2D eigenvalue weighted by Gasteiger charge is 2.18. The number of anilines is 2. The summed E-state index contributed by atoms with van der Waals surface area (Å²) in [5.41, 5.74) is 10.7. The molecule has 0 aliphatic rings. The minimum atomic E-state index is 0.484. The summed E-state index contributed by atoms with van der Waals surface area (Å²) in [6.45, 7) is 1.18. The predicted octanol–water partition coefficient (Wildman–Crippen LogP) is 4.83. The first-order valence-corrected chi connectivity index (χ1v) is 11.0. The molecule has 0 saturated heterocycles. The van der Waals surface area contributed by atoms with Crippen molar-refractivity contribution >= 4 is 34.4 Å². The molecular formula is C25H22ClN7. The van der Waals surface area contributed by atoms with Crippen LogP contribution in [0.15, 0.2) is 79.0 Å². The van der Waals surface area contributed by atoms with E-state index in [4.69, 9.17) is 27.4 Å². The van der Waals surface area contributed by atoms with E-state index in [9.17, 15) is 0 Å². The van der Waals surface area contributed by atoms with Gasteiger partial charge in [0.15, 0.2) is 5.65 Å². The number of pyridine rings is 1. The number of hydrogen-bond donors (Lipinski definition) is 2. The van der Waals surface area contributed by atoms with E-state index in [2.05, 4.69) is 15.3 Å². The molecule has 164 valence electrons. The largest absolute Gasteiger partial charge is 0.383 e. The van der Waals surface area contributed by atoms with Crippen molar-refractivity contribution in [2.75, 3.05) is 17.6 Å². The monoisotopic (exact) mass is 455 g/mol. The van der Waals surface area contributed by atoms with Gasteiger partial charge in [0, 0.05) is 35.4 Å². The van der Waals surface area contributed by atoms with Crippen LogP contribution in [0.4, 0.5) is 11.8 Å². The Balaban J connectivity index is 1.53. The highest BCUT2D eigenvalue weighted by molar-refractivity contribution is 6.30. The molecule has 0 amide bonds. The third kappa shape index (κ3) is 4.63. The van der Waals surface area contributed by atoms with Crippen LogP contribution in [0, 0.1) is 0 Å². The Morgan fingerprint density at radius 1 is 0.939 bits per heavy atom. The van der Waals surface area contributed by atoms with Gasteiger partial charge in [-0.25, -0.2) is 9.67 Å². The molecule has 0 bridgehead atoms. The Morgan fingerprint density at radius 3 is 2.58 bits per heavy atom. The van der Waals surface area contributed by atoms with Crippen molar-refractivity contribution in [3.8, 4) is 11.3 Å². The number of aromatic nitrogens is 5. The Kier molecular flexibility index (Phi) is 5.87. The fourth-order valence-electron chi connectivity index (χ4n) is 3.70. The quantitative estimate of drug-likeness (QED) is 0.365. The van der Waals surface area contributed by atoms with E-state index in [0.717, 1.165) is 23.2 Å². The Hall–Kier alpha value is -3.97. The molecule has 0 aliphatic carbocycles. The van der Waals surface area contributed by atoms with Crippen molar-refractivity contribution in [1.29, 1.82) is 0 Å². The lowest BCUT2D eigenvalue weighted by Gasteiger charge is -2.09. The second kappa shape index (κ2) is 9.26. The molecule has 8 heteroatoms. The molecule has 3 heterocycles. The van der Waals surface area contributed by atoms with Crippen molar-refractivity contribution in [1.82, 2.24) is 24.7 Å². The number of nitrogens with one attached hydrogen (secondary N) is 1. The van der Waals surface area contributed by atoms with Crippen LogP contribution in [-0.2, 0) is 13.0 Å². The van der Waals surface area contributed by atoms with Crippen molar-refractivity contribution in [2.24, 2.45) is 0 Å². The summed E-state index contributed by atoms with van der Waals surface area (Å²) in [7, 11) is 0. The highest BCUT2D eigenvalue weighted by Crippen LogP contribution is 2.32. The molecule has 7 nitrogen and oxygen atoms in total. The summed E-state index contributed by atoms with van der Waals surface area (Å²) in [5, 5.41) is 9.34. The zero-order valence-electron chi connectivity index (χ0n) is 17.8. The van der Waals surface area contributed by atoms with Crippen LogP contribution in [0.25, 0.3) is 22.3 Å². The fraction of sp³-hybridized carbons (Fsp3) is 0.120. The van der Waals surface area contributed by atoms with Gasteiger partial charge in [0.1, 0.15) is 5.82 Å². The van der Waals surface area contributed by atoms with E-state index < -0.39 is 0 Å². The zero-order chi connectivity index (χ0) is 22.6. The predicted molar refractivity (Wildman–Crippen MR) is 132 cm³/mol. The molecule has 0 aliphatic heterocycles. The van der Waals surface area contributed by atoms with E-state index in [1.165, 1.54) is 0 Å². The molecule has 0 atom stereocenters. The summed E-state index contributed by atoms with van der Waals surface area (Å²) < 4.78 is 1.76. The van der Waals surface area contributed by atoms with Gasteiger partial charge in [-0.15, -0.1) is 5.10 Å². The number of nitrogens with two attached hydrogens (primary N) is 1. The standard InChI is InChI=1S/C25H22ClN7/c26-19-10-6-9-18(15-19)22-21-23(27)33(16-17-7-2-1-3-8-17)32-24(21)31-25(30-22)29-14-12-20-11-4-5-13-28-20/h1-11,13,15H,12,14,16,27H2,(H,29,31,32). The van der Waals surface area contributed by atoms with Gasteiger partial charge in [-0.2, -0.15) is 4.98 Å². The van der Waals surface area contributed by atoms with Gasteiger partial charge in [0.2, 0.25) is 5.95 Å². The van der Waals surface area contributed by atoms with Crippen molar-refractivity contribution in [3.63, 3.8) is 0 Å². The van der Waals surface area contributed by atoms with Gasteiger partial charge in [0.25, 0.3) is 0 Å². The third-order valence-electron chi connectivity index (χ3n) is 5.30. The van der Waals surface area contributed by atoms with E-state index >= 15 is 0 Å². The maximum atomic E-state index is 6.55. The average Bonchev–Trinajstić information content (AvgIpc) is 3.15. The lowest BCUT2D eigenvalue weighted by atomic mass is 10.1. The van der Waals surface area contributed by atoms with Crippen molar-refractivity contribution < 1.29 is 0 Å². The van der Waals surface area contributed by atoms with Crippen LogP contribution >= 0.6 is 11.6 Å². The van der Waals surface area contributed by atoms with Crippen LogP contribution in [0.3, 0.4) is 0 Å². The first kappa shape index (κ1) is 20.9. The molecular weight excluding hydrogens is 434 g/mol. The SMILES string of the molecule is Nc1c2c(-c3cccc(Cl)c3)nc(NCCc3ccccn3)nc2nn1Cc1ccccc1. The maximum Gasteiger partial charge on any atom is 0.225 e. The van der Waals surface area contributed by atoms with E-state index in [1.54, 1.807) is 10.9 Å². The normalized spacial score (nSPS) is 11.1. The molecule has 0 unspecified atom stereocenters. The molecule has 5 rings (SSSR count). The number of fused-ring (bicyclic) bond motifs is 1. The van der Waals surface area contributed by atoms with Crippen LogP contribution in [0.5, 0.6) is 0 Å². The molecule has 0 fully saturated rings.